The minimum atomic E-state index is -0.416. The number of carbonyl (C=O) groups is 1. The van der Waals surface area contributed by atoms with Gasteiger partial charge in [-0.2, -0.15) is 0 Å². The number of benzene rings is 1. The second-order valence-electron chi connectivity index (χ2n) is 5.73. The van der Waals surface area contributed by atoms with Crippen molar-refractivity contribution >= 4 is 34.9 Å². The van der Waals surface area contributed by atoms with Crippen LogP contribution in [0.5, 0.6) is 0 Å². The van der Waals surface area contributed by atoms with Gasteiger partial charge in [0.25, 0.3) is 0 Å². The Bertz CT molecular complexity index is 732. The quantitative estimate of drug-likeness (QED) is 0.796. The summed E-state index contributed by atoms with van der Waals surface area (Å²) in [5.41, 5.74) is 1.01. The molecule has 1 fully saturated rings. The molecule has 2 N–H and O–H groups in total. The molecule has 126 valence electrons. The van der Waals surface area contributed by atoms with E-state index in [1.807, 2.05) is 6.07 Å². The van der Waals surface area contributed by atoms with Crippen molar-refractivity contribution in [3.8, 4) is 0 Å². The van der Waals surface area contributed by atoms with Gasteiger partial charge in [-0.25, -0.2) is 14.8 Å². The van der Waals surface area contributed by atoms with Gasteiger partial charge in [-0.15, -0.1) is 0 Å². The van der Waals surface area contributed by atoms with Gasteiger partial charge in [0.15, 0.2) is 0 Å². The molecule has 1 saturated carbocycles. The van der Waals surface area contributed by atoms with Crippen LogP contribution in [0.25, 0.3) is 0 Å². The minimum Gasteiger partial charge on any atom is -0.465 e. The van der Waals surface area contributed by atoms with E-state index in [0.29, 0.717) is 28.1 Å². The van der Waals surface area contributed by atoms with Gasteiger partial charge in [0.05, 0.1) is 23.4 Å². The standard InChI is InChI=1S/C17H19ClN4O2/c1-24-17(23)11-6-7-13(18)14(8-11)22-16-9-15(19-10-20-16)21-12-4-2-3-5-12/h6-10,12H,2-5H2,1H3,(H2,19,20,21,22). The van der Waals surface area contributed by atoms with E-state index < -0.39 is 5.97 Å². The van der Waals surface area contributed by atoms with Crippen molar-refractivity contribution in [2.45, 2.75) is 31.7 Å². The summed E-state index contributed by atoms with van der Waals surface area (Å²) in [6.07, 6.45) is 6.34. The number of esters is 1. The maximum Gasteiger partial charge on any atom is 0.337 e. The summed E-state index contributed by atoms with van der Waals surface area (Å²) in [4.78, 5) is 20.1. The lowest BCUT2D eigenvalue weighted by Gasteiger charge is -2.14. The molecule has 1 aliphatic rings. The molecule has 1 aromatic heterocycles. The summed E-state index contributed by atoms with van der Waals surface area (Å²) < 4.78 is 4.73. The lowest BCUT2D eigenvalue weighted by molar-refractivity contribution is 0.0601. The number of halogens is 1. The van der Waals surface area contributed by atoms with E-state index in [-0.39, 0.29) is 0 Å². The Kier molecular flexibility index (Phi) is 5.15. The first-order valence-corrected chi connectivity index (χ1v) is 8.27. The zero-order chi connectivity index (χ0) is 16.9. The first-order chi connectivity index (χ1) is 11.7. The molecule has 0 atom stereocenters. The molecule has 24 heavy (non-hydrogen) atoms. The molecular weight excluding hydrogens is 328 g/mol. The monoisotopic (exact) mass is 346 g/mol. The third-order valence-corrected chi connectivity index (χ3v) is 4.35. The van der Waals surface area contributed by atoms with E-state index in [1.54, 1.807) is 18.2 Å². The number of aromatic nitrogens is 2. The number of hydrogen-bond donors (Lipinski definition) is 2. The molecule has 0 radical (unpaired) electrons. The summed E-state index contributed by atoms with van der Waals surface area (Å²) in [5.74, 6) is 0.968. The Hall–Kier alpha value is -2.34. The van der Waals surface area contributed by atoms with E-state index in [9.17, 15) is 4.79 Å². The van der Waals surface area contributed by atoms with Gasteiger partial charge >= 0.3 is 5.97 Å². The molecule has 1 aliphatic carbocycles. The fraction of sp³-hybridized carbons (Fsp3) is 0.353. The van der Waals surface area contributed by atoms with Crippen molar-refractivity contribution in [2.24, 2.45) is 0 Å². The van der Waals surface area contributed by atoms with Crippen molar-refractivity contribution in [1.82, 2.24) is 9.97 Å². The molecule has 0 amide bonds. The molecule has 1 heterocycles. The molecule has 0 saturated heterocycles. The molecule has 3 rings (SSSR count). The van der Waals surface area contributed by atoms with Crippen LogP contribution < -0.4 is 10.6 Å². The number of hydrogen-bond acceptors (Lipinski definition) is 6. The van der Waals surface area contributed by atoms with Crippen molar-refractivity contribution in [2.75, 3.05) is 17.7 Å². The van der Waals surface area contributed by atoms with Gasteiger partial charge in [0.2, 0.25) is 0 Å². The van der Waals surface area contributed by atoms with Crippen LogP contribution in [0.4, 0.5) is 17.3 Å². The van der Waals surface area contributed by atoms with Gasteiger partial charge in [0.1, 0.15) is 18.0 Å². The van der Waals surface area contributed by atoms with Crippen molar-refractivity contribution in [3.63, 3.8) is 0 Å². The van der Waals surface area contributed by atoms with E-state index in [1.165, 1.54) is 39.1 Å². The molecular formula is C17H19ClN4O2. The summed E-state index contributed by atoms with van der Waals surface area (Å²) in [7, 11) is 1.34. The largest absolute Gasteiger partial charge is 0.465 e. The predicted octanol–water partition coefficient (Wildman–Crippen LogP) is 4.01. The van der Waals surface area contributed by atoms with Gasteiger partial charge in [0, 0.05) is 12.1 Å². The third kappa shape index (κ3) is 3.94. The lowest BCUT2D eigenvalue weighted by atomic mass is 10.2. The number of carbonyl (C=O) groups excluding carboxylic acids is 1. The number of methoxy groups -OCH3 is 1. The van der Waals surface area contributed by atoms with E-state index in [4.69, 9.17) is 16.3 Å². The Morgan fingerprint density at radius 1 is 1.21 bits per heavy atom. The molecule has 0 aliphatic heterocycles. The second kappa shape index (κ2) is 7.49. The highest BCUT2D eigenvalue weighted by atomic mass is 35.5. The van der Waals surface area contributed by atoms with Crippen LogP contribution in [0.3, 0.4) is 0 Å². The molecule has 0 unspecified atom stereocenters. The van der Waals surface area contributed by atoms with Gasteiger partial charge in [-0.3, -0.25) is 0 Å². The van der Waals surface area contributed by atoms with Crippen molar-refractivity contribution in [1.29, 1.82) is 0 Å². The highest BCUT2D eigenvalue weighted by molar-refractivity contribution is 6.33. The second-order valence-corrected chi connectivity index (χ2v) is 6.13. The first-order valence-electron chi connectivity index (χ1n) is 7.89. The van der Waals surface area contributed by atoms with Crippen LogP contribution in [0, 0.1) is 0 Å². The summed E-state index contributed by atoms with van der Waals surface area (Å²) in [5, 5.41) is 7.04. The Labute approximate surface area is 145 Å². The van der Waals surface area contributed by atoms with Crippen LogP contribution in [-0.4, -0.2) is 29.1 Å². The maximum atomic E-state index is 11.6. The van der Waals surface area contributed by atoms with Crippen LogP contribution in [0.1, 0.15) is 36.0 Å². The molecule has 2 aromatic rings. The predicted molar refractivity (Wildman–Crippen MR) is 94.0 cm³/mol. The van der Waals surface area contributed by atoms with Crippen LogP contribution in [-0.2, 0) is 4.74 Å². The Balaban J connectivity index is 1.76. The molecule has 6 nitrogen and oxygen atoms in total. The Morgan fingerprint density at radius 2 is 1.96 bits per heavy atom. The van der Waals surface area contributed by atoms with Crippen molar-refractivity contribution < 1.29 is 9.53 Å². The number of ether oxygens (including phenoxy) is 1. The Morgan fingerprint density at radius 3 is 2.71 bits per heavy atom. The molecule has 0 spiro atoms. The first kappa shape index (κ1) is 16.5. The maximum absolute atomic E-state index is 11.6. The van der Waals surface area contributed by atoms with Crippen LogP contribution in [0.15, 0.2) is 30.6 Å². The highest BCUT2D eigenvalue weighted by Crippen LogP contribution is 2.27. The zero-order valence-electron chi connectivity index (χ0n) is 13.4. The van der Waals surface area contributed by atoms with Gasteiger partial charge < -0.3 is 15.4 Å². The highest BCUT2D eigenvalue weighted by Gasteiger charge is 2.15. The summed E-state index contributed by atoms with van der Waals surface area (Å²) in [6.45, 7) is 0. The van der Waals surface area contributed by atoms with Crippen LogP contribution in [0.2, 0.25) is 5.02 Å². The average molecular weight is 347 g/mol. The SMILES string of the molecule is COC(=O)c1ccc(Cl)c(Nc2cc(NC3CCCC3)ncn2)c1. The van der Waals surface area contributed by atoms with Crippen LogP contribution >= 0.6 is 11.6 Å². The average Bonchev–Trinajstić information content (AvgIpc) is 3.09. The topological polar surface area (TPSA) is 76.1 Å². The fourth-order valence-electron chi connectivity index (χ4n) is 2.79. The van der Waals surface area contributed by atoms with Crippen molar-refractivity contribution in [3.05, 3.63) is 41.2 Å². The summed E-state index contributed by atoms with van der Waals surface area (Å²) in [6, 6.07) is 7.21. The van der Waals surface area contributed by atoms with E-state index in [0.717, 1.165) is 5.82 Å². The van der Waals surface area contributed by atoms with E-state index in [2.05, 4.69) is 20.6 Å². The summed E-state index contributed by atoms with van der Waals surface area (Å²) >= 11 is 6.20. The zero-order valence-corrected chi connectivity index (χ0v) is 14.1. The number of nitrogens with zero attached hydrogens (tertiary/aromatic N) is 2. The smallest absolute Gasteiger partial charge is 0.337 e. The molecule has 0 bridgehead atoms. The number of nitrogens with one attached hydrogen (secondary N) is 2. The fourth-order valence-corrected chi connectivity index (χ4v) is 2.95. The molecule has 1 aromatic carbocycles. The normalized spacial score (nSPS) is 14.4. The van der Waals surface area contributed by atoms with Gasteiger partial charge in [-0.05, 0) is 31.0 Å². The minimum absolute atomic E-state index is 0.416. The lowest BCUT2D eigenvalue weighted by Crippen LogP contribution is -2.15. The number of anilines is 3. The third-order valence-electron chi connectivity index (χ3n) is 4.02. The van der Waals surface area contributed by atoms with Gasteiger partial charge in [-0.1, -0.05) is 24.4 Å². The van der Waals surface area contributed by atoms with E-state index >= 15 is 0 Å². The molecule has 7 heteroatoms. The number of rotatable bonds is 5.